The number of anilines is 2. The van der Waals surface area contributed by atoms with Crippen molar-refractivity contribution in [2.75, 3.05) is 10.6 Å². The van der Waals surface area contributed by atoms with Crippen LogP contribution in [-0.2, 0) is 0 Å². The summed E-state index contributed by atoms with van der Waals surface area (Å²) in [5, 5.41) is 10.4. The number of rotatable bonds is 8. The number of nitroso groups, excluding NO2 is 1. The van der Waals surface area contributed by atoms with Gasteiger partial charge in [-0.15, -0.1) is 16.5 Å². The lowest BCUT2D eigenvalue weighted by Crippen LogP contribution is -2.04. The summed E-state index contributed by atoms with van der Waals surface area (Å²) in [4.78, 5) is 10.6. The maximum atomic E-state index is 10.6. The van der Waals surface area contributed by atoms with E-state index in [0.29, 0.717) is 5.69 Å². The van der Waals surface area contributed by atoms with Crippen molar-refractivity contribution < 1.29 is 0 Å². The Hall–Kier alpha value is -3.08. The number of alkyl halides is 1. The number of halogens is 2. The van der Waals surface area contributed by atoms with E-state index in [1.54, 1.807) is 24.3 Å². The summed E-state index contributed by atoms with van der Waals surface area (Å²) >= 11 is 12.9. The molecule has 6 heteroatoms. The maximum Gasteiger partial charge on any atom is 0.108 e. The summed E-state index contributed by atoms with van der Waals surface area (Å²) in [6.45, 7) is 12.5. The minimum Gasteiger partial charge on any atom is -0.359 e. The van der Waals surface area contributed by atoms with Gasteiger partial charge in [0.15, 0.2) is 0 Å². The van der Waals surface area contributed by atoms with Gasteiger partial charge < -0.3 is 10.6 Å². The molecule has 3 aromatic rings. The Morgan fingerprint density at radius 3 is 2.30 bits per heavy atom. The first-order valence-electron chi connectivity index (χ1n) is 10.6. The van der Waals surface area contributed by atoms with E-state index in [0.717, 1.165) is 50.0 Å². The zero-order chi connectivity index (χ0) is 23.7. The maximum absolute atomic E-state index is 10.6. The molecular weight excluding hydrogens is 453 g/mol. The monoisotopic (exact) mass is 477 g/mol. The summed E-state index contributed by atoms with van der Waals surface area (Å²) in [6, 6.07) is 19.1. The van der Waals surface area contributed by atoms with Gasteiger partial charge in [-0.25, -0.2) is 0 Å². The molecule has 0 spiro atoms. The quantitative estimate of drug-likeness (QED) is 0.253. The standard InChI is InChI=1S/C27H25Cl2N3O/c1-15-11-19(13-20(28)12-15)26-25(27(26)29)18(4)31-23-6-5-16(2)24(14-23)17(3)30-21-7-9-22(32-33)10-8-21/h5-14,25-27,30-31H,3-4H2,1-2H3. The molecule has 3 unspecified atom stereocenters. The van der Waals surface area contributed by atoms with Crippen LogP contribution in [0.4, 0.5) is 17.1 Å². The van der Waals surface area contributed by atoms with Crippen LogP contribution in [0.3, 0.4) is 0 Å². The van der Waals surface area contributed by atoms with E-state index in [1.165, 1.54) is 0 Å². The highest BCUT2D eigenvalue weighted by molar-refractivity contribution is 6.30. The van der Waals surface area contributed by atoms with Gasteiger partial charge >= 0.3 is 0 Å². The third kappa shape index (κ3) is 5.13. The highest BCUT2D eigenvalue weighted by Crippen LogP contribution is 2.55. The van der Waals surface area contributed by atoms with Crippen molar-refractivity contribution in [3.05, 3.63) is 112 Å². The van der Waals surface area contributed by atoms with Crippen molar-refractivity contribution in [3.63, 3.8) is 0 Å². The fourth-order valence-corrected chi connectivity index (χ4v) is 5.00. The van der Waals surface area contributed by atoms with Crippen LogP contribution in [0.25, 0.3) is 5.70 Å². The molecule has 1 aliphatic carbocycles. The smallest absolute Gasteiger partial charge is 0.108 e. The highest BCUT2D eigenvalue weighted by Gasteiger charge is 2.51. The zero-order valence-electron chi connectivity index (χ0n) is 18.5. The van der Waals surface area contributed by atoms with Gasteiger partial charge in [-0.05, 0) is 84.2 Å². The Labute approximate surface area is 204 Å². The summed E-state index contributed by atoms with van der Waals surface area (Å²) in [5.41, 5.74) is 8.09. The molecule has 3 atom stereocenters. The number of hydrogen-bond acceptors (Lipinski definition) is 4. The van der Waals surface area contributed by atoms with Crippen LogP contribution in [0.1, 0.15) is 28.2 Å². The van der Waals surface area contributed by atoms with E-state index in [9.17, 15) is 4.91 Å². The van der Waals surface area contributed by atoms with E-state index >= 15 is 0 Å². The number of nitrogens with zero attached hydrogens (tertiary/aromatic N) is 1. The molecule has 1 fully saturated rings. The van der Waals surface area contributed by atoms with Crippen LogP contribution < -0.4 is 10.6 Å². The molecule has 1 aliphatic rings. The molecule has 0 bridgehead atoms. The normalized spacial score (nSPS) is 19.0. The van der Waals surface area contributed by atoms with Crippen LogP contribution in [-0.4, -0.2) is 5.38 Å². The van der Waals surface area contributed by atoms with Crippen molar-refractivity contribution in [2.45, 2.75) is 25.1 Å². The molecule has 4 rings (SSSR count). The van der Waals surface area contributed by atoms with E-state index < -0.39 is 0 Å². The second kappa shape index (κ2) is 9.42. The Morgan fingerprint density at radius 2 is 1.64 bits per heavy atom. The van der Waals surface area contributed by atoms with Gasteiger partial charge in [0.2, 0.25) is 0 Å². The van der Waals surface area contributed by atoms with Crippen molar-refractivity contribution in [1.29, 1.82) is 0 Å². The third-order valence-electron chi connectivity index (χ3n) is 5.92. The summed E-state index contributed by atoms with van der Waals surface area (Å²) in [6.07, 6.45) is 0. The third-order valence-corrected chi connectivity index (χ3v) is 6.68. The summed E-state index contributed by atoms with van der Waals surface area (Å²) in [7, 11) is 0. The van der Waals surface area contributed by atoms with Crippen LogP contribution >= 0.6 is 23.2 Å². The van der Waals surface area contributed by atoms with Crippen LogP contribution in [0, 0.1) is 24.7 Å². The van der Waals surface area contributed by atoms with Gasteiger partial charge in [0.1, 0.15) is 5.69 Å². The van der Waals surface area contributed by atoms with Gasteiger partial charge in [-0.2, -0.15) is 0 Å². The molecular formula is C27H25Cl2N3O. The number of hydrogen-bond donors (Lipinski definition) is 2. The molecule has 0 saturated heterocycles. The highest BCUT2D eigenvalue weighted by atomic mass is 35.5. The lowest BCUT2D eigenvalue weighted by atomic mass is 10.0. The van der Waals surface area contributed by atoms with Crippen molar-refractivity contribution >= 4 is 46.0 Å². The van der Waals surface area contributed by atoms with Crippen LogP contribution in [0.5, 0.6) is 0 Å². The molecule has 4 nitrogen and oxygen atoms in total. The Kier molecular flexibility index (Phi) is 6.59. The fraction of sp³-hybridized carbons (Fsp3) is 0.185. The molecule has 33 heavy (non-hydrogen) atoms. The zero-order valence-corrected chi connectivity index (χ0v) is 20.0. The predicted molar refractivity (Wildman–Crippen MR) is 141 cm³/mol. The number of aryl methyl sites for hydroxylation is 2. The van der Waals surface area contributed by atoms with E-state index in [4.69, 9.17) is 23.2 Å². The average Bonchev–Trinajstić information content (AvgIpc) is 3.46. The van der Waals surface area contributed by atoms with Crippen molar-refractivity contribution in [1.82, 2.24) is 0 Å². The number of benzene rings is 3. The second-order valence-corrected chi connectivity index (χ2v) is 9.42. The predicted octanol–water partition coefficient (Wildman–Crippen LogP) is 8.38. The van der Waals surface area contributed by atoms with Crippen molar-refractivity contribution in [3.8, 4) is 0 Å². The van der Waals surface area contributed by atoms with Gasteiger partial charge in [-0.3, -0.25) is 0 Å². The largest absolute Gasteiger partial charge is 0.359 e. The van der Waals surface area contributed by atoms with E-state index in [1.807, 2.05) is 44.2 Å². The molecule has 2 N–H and O–H groups in total. The van der Waals surface area contributed by atoms with E-state index in [2.05, 4.69) is 35.0 Å². The van der Waals surface area contributed by atoms with Crippen LogP contribution in [0.15, 0.2) is 84.7 Å². The summed E-state index contributed by atoms with van der Waals surface area (Å²) < 4.78 is 0. The van der Waals surface area contributed by atoms with Gasteiger partial charge in [-0.1, -0.05) is 36.9 Å². The lowest BCUT2D eigenvalue weighted by molar-refractivity contribution is 0.948. The Bertz CT molecular complexity index is 1220. The second-order valence-electron chi connectivity index (χ2n) is 8.48. The number of nitrogens with one attached hydrogen (secondary N) is 2. The van der Waals surface area contributed by atoms with Crippen molar-refractivity contribution in [2.24, 2.45) is 11.1 Å². The Morgan fingerprint density at radius 1 is 0.939 bits per heavy atom. The van der Waals surface area contributed by atoms with E-state index in [-0.39, 0.29) is 17.2 Å². The molecule has 0 amide bonds. The SMILES string of the molecule is C=C(Nc1ccc(N=O)cc1)c1cc(NC(=C)C2C(Cl)C2c2cc(C)cc(Cl)c2)ccc1C. The Balaban J connectivity index is 1.46. The topological polar surface area (TPSA) is 53.5 Å². The molecule has 0 aliphatic heterocycles. The lowest BCUT2D eigenvalue weighted by Gasteiger charge is -2.16. The molecule has 3 aromatic carbocycles. The molecule has 168 valence electrons. The van der Waals surface area contributed by atoms with Gasteiger partial charge in [0.25, 0.3) is 0 Å². The molecule has 0 aromatic heterocycles. The minimum atomic E-state index is -0.0201. The first-order chi connectivity index (χ1) is 15.8. The minimum absolute atomic E-state index is 0.0201. The average molecular weight is 478 g/mol. The molecule has 1 saturated carbocycles. The molecule has 0 heterocycles. The summed E-state index contributed by atoms with van der Waals surface area (Å²) in [5.74, 6) is 0.315. The van der Waals surface area contributed by atoms with Crippen LogP contribution in [0.2, 0.25) is 5.02 Å². The first-order valence-corrected chi connectivity index (χ1v) is 11.5. The van der Waals surface area contributed by atoms with Gasteiger partial charge in [0.05, 0.1) is 5.38 Å². The van der Waals surface area contributed by atoms with Gasteiger partial charge in [0, 0.05) is 45.2 Å². The fourth-order valence-electron chi connectivity index (χ4n) is 4.17. The molecule has 0 radical (unpaired) electrons. The number of allylic oxidation sites excluding steroid dienone is 1. The first kappa shape index (κ1) is 23.1.